The van der Waals surface area contributed by atoms with Gasteiger partial charge < -0.3 is 15.2 Å². The van der Waals surface area contributed by atoms with Gasteiger partial charge in [0.2, 0.25) is 5.91 Å². The summed E-state index contributed by atoms with van der Waals surface area (Å²) >= 11 is 0. The first kappa shape index (κ1) is 13.8. The van der Waals surface area contributed by atoms with Gasteiger partial charge in [-0.15, -0.1) is 0 Å². The van der Waals surface area contributed by atoms with E-state index in [0.717, 1.165) is 22.6 Å². The van der Waals surface area contributed by atoms with Gasteiger partial charge in [0.15, 0.2) is 0 Å². The Kier molecular flexibility index (Phi) is 2.75. The van der Waals surface area contributed by atoms with E-state index in [1.54, 1.807) is 19.2 Å². The number of methoxy groups -OCH3 is 1. The lowest BCUT2D eigenvalue weighted by Gasteiger charge is -2.10. The van der Waals surface area contributed by atoms with Crippen LogP contribution in [0.4, 0.5) is 5.69 Å². The van der Waals surface area contributed by atoms with Crippen LogP contribution in [0.15, 0.2) is 42.5 Å². The summed E-state index contributed by atoms with van der Waals surface area (Å²) in [6.45, 7) is 0. The molecule has 1 saturated carbocycles. The Morgan fingerprint density at radius 1 is 1.26 bits per heavy atom. The molecule has 0 saturated heterocycles. The molecule has 0 bridgehead atoms. The van der Waals surface area contributed by atoms with Crippen molar-refractivity contribution < 1.29 is 19.4 Å². The Hall–Kier alpha value is -2.82. The lowest BCUT2D eigenvalue weighted by molar-refractivity contribution is -0.118. The van der Waals surface area contributed by atoms with Crippen molar-refractivity contribution in [3.63, 3.8) is 0 Å². The lowest BCUT2D eigenvalue weighted by Crippen LogP contribution is -2.21. The zero-order valence-corrected chi connectivity index (χ0v) is 12.5. The monoisotopic (exact) mass is 309 g/mol. The second kappa shape index (κ2) is 4.59. The molecule has 5 nitrogen and oxygen atoms in total. The molecule has 1 fully saturated rings. The molecule has 2 N–H and O–H groups in total. The average Bonchev–Trinajstić information content (AvgIpc) is 3.25. The molecule has 0 radical (unpaired) electrons. The molecule has 116 valence electrons. The molecule has 1 amide bonds. The summed E-state index contributed by atoms with van der Waals surface area (Å²) in [6, 6.07) is 12.5. The fourth-order valence-electron chi connectivity index (χ4n) is 3.56. The minimum atomic E-state index is -0.982. The molecule has 1 aliphatic heterocycles. The Morgan fingerprint density at radius 3 is 2.65 bits per heavy atom. The first-order valence-electron chi connectivity index (χ1n) is 7.39. The number of carboxylic acids is 1. The first-order chi connectivity index (χ1) is 11.1. The second-order valence-corrected chi connectivity index (χ2v) is 6.02. The maximum atomic E-state index is 12.5. The molecular formula is C18H15NO4. The van der Waals surface area contributed by atoms with Gasteiger partial charge in [0, 0.05) is 11.6 Å². The highest BCUT2D eigenvalue weighted by Gasteiger charge is 2.65. The summed E-state index contributed by atoms with van der Waals surface area (Å²) in [5, 5.41) is 12.1. The number of fused-ring (bicyclic) bond motifs is 2. The smallest absolute Gasteiger partial charge is 0.335 e. The number of carbonyl (C=O) groups is 2. The third kappa shape index (κ3) is 1.86. The fourth-order valence-corrected chi connectivity index (χ4v) is 3.56. The fraction of sp³-hybridized carbons (Fsp3) is 0.222. The number of carbonyl (C=O) groups excluding carboxylic acids is 1. The van der Waals surface area contributed by atoms with Gasteiger partial charge >= 0.3 is 5.97 Å². The van der Waals surface area contributed by atoms with Crippen LogP contribution in [0.3, 0.4) is 0 Å². The van der Waals surface area contributed by atoms with Crippen molar-refractivity contribution in [3.05, 3.63) is 59.2 Å². The number of benzene rings is 2. The molecule has 4 rings (SSSR count). The Balaban J connectivity index is 1.74. The number of hydrogen-bond acceptors (Lipinski definition) is 3. The zero-order valence-electron chi connectivity index (χ0n) is 12.5. The maximum absolute atomic E-state index is 12.5. The standard InChI is InChI=1S/C18H15NO4/c1-23-12-5-2-10(3-6-12)14-9-18(14)13-8-11(16(20)21)4-7-15(13)19-17(18)22/h2-8,14H,9H2,1H3,(H,19,22)(H,20,21)/t14-,18-/m0/s1. The van der Waals surface area contributed by atoms with Crippen LogP contribution in [0, 0.1) is 0 Å². The van der Waals surface area contributed by atoms with E-state index in [2.05, 4.69) is 5.32 Å². The van der Waals surface area contributed by atoms with Gasteiger partial charge in [0.25, 0.3) is 0 Å². The molecule has 23 heavy (non-hydrogen) atoms. The predicted molar refractivity (Wildman–Crippen MR) is 84.1 cm³/mol. The predicted octanol–water partition coefficient (Wildman–Crippen LogP) is 2.77. The SMILES string of the molecule is COc1ccc([C@@H]2C[C@@]23C(=O)Nc2ccc(C(=O)O)cc23)cc1. The van der Waals surface area contributed by atoms with Crippen molar-refractivity contribution in [2.24, 2.45) is 0 Å². The number of ether oxygens (including phenoxy) is 1. The van der Waals surface area contributed by atoms with Crippen molar-refractivity contribution in [1.82, 2.24) is 0 Å². The van der Waals surface area contributed by atoms with Gasteiger partial charge in [-0.05, 0) is 47.9 Å². The van der Waals surface area contributed by atoms with E-state index in [9.17, 15) is 14.7 Å². The molecular weight excluding hydrogens is 294 g/mol. The van der Waals surface area contributed by atoms with Gasteiger partial charge in [-0.25, -0.2) is 4.79 Å². The van der Waals surface area contributed by atoms with Crippen LogP contribution in [-0.2, 0) is 10.2 Å². The summed E-state index contributed by atoms with van der Waals surface area (Å²) in [4.78, 5) is 23.7. The third-order valence-electron chi connectivity index (χ3n) is 4.88. The molecule has 1 aliphatic carbocycles. The van der Waals surface area contributed by atoms with Gasteiger partial charge in [0.1, 0.15) is 5.75 Å². The largest absolute Gasteiger partial charge is 0.497 e. The Morgan fingerprint density at radius 2 is 2.00 bits per heavy atom. The van der Waals surface area contributed by atoms with Gasteiger partial charge in [-0.1, -0.05) is 12.1 Å². The number of carboxylic acid groups (broad SMARTS) is 1. The Bertz CT molecular complexity index is 827. The van der Waals surface area contributed by atoms with Crippen LogP contribution in [0.1, 0.15) is 33.8 Å². The van der Waals surface area contributed by atoms with Gasteiger partial charge in [-0.2, -0.15) is 0 Å². The van der Waals surface area contributed by atoms with E-state index in [4.69, 9.17) is 4.74 Å². The van der Waals surface area contributed by atoms with Crippen LogP contribution < -0.4 is 10.1 Å². The number of hydrogen-bond donors (Lipinski definition) is 2. The van der Waals surface area contributed by atoms with Crippen molar-refractivity contribution in [3.8, 4) is 5.75 Å². The van der Waals surface area contributed by atoms with Gasteiger partial charge in [0.05, 0.1) is 18.1 Å². The topological polar surface area (TPSA) is 75.6 Å². The summed E-state index contributed by atoms with van der Waals surface area (Å²) in [6.07, 6.45) is 0.696. The molecule has 2 aromatic carbocycles. The minimum absolute atomic E-state index is 0.0455. The highest BCUT2D eigenvalue weighted by Crippen LogP contribution is 2.65. The molecule has 5 heteroatoms. The van der Waals surface area contributed by atoms with E-state index < -0.39 is 11.4 Å². The van der Waals surface area contributed by atoms with Crippen molar-refractivity contribution in [2.75, 3.05) is 12.4 Å². The molecule has 2 aromatic rings. The highest BCUT2D eigenvalue weighted by atomic mass is 16.5. The number of amides is 1. The van der Waals surface area contributed by atoms with Crippen molar-refractivity contribution in [1.29, 1.82) is 0 Å². The van der Waals surface area contributed by atoms with E-state index >= 15 is 0 Å². The Labute approximate surface area is 132 Å². The number of nitrogens with one attached hydrogen (secondary N) is 1. The quantitative estimate of drug-likeness (QED) is 0.914. The zero-order chi connectivity index (χ0) is 16.2. The van der Waals surface area contributed by atoms with Crippen LogP contribution in [0.25, 0.3) is 0 Å². The van der Waals surface area contributed by atoms with Crippen molar-refractivity contribution >= 4 is 17.6 Å². The summed E-state index contributed by atoms with van der Waals surface area (Å²) in [7, 11) is 1.61. The first-order valence-corrected chi connectivity index (χ1v) is 7.39. The number of anilines is 1. The summed E-state index contributed by atoms with van der Waals surface area (Å²) in [5.41, 5.74) is 2.16. The molecule has 2 atom stereocenters. The van der Waals surface area contributed by atoms with Crippen molar-refractivity contribution in [2.45, 2.75) is 17.8 Å². The van der Waals surface area contributed by atoms with Gasteiger partial charge in [-0.3, -0.25) is 4.79 Å². The van der Waals surface area contributed by atoms with E-state index in [1.165, 1.54) is 6.07 Å². The van der Waals surface area contributed by atoms with Crippen LogP contribution >= 0.6 is 0 Å². The van der Waals surface area contributed by atoms with E-state index in [0.29, 0.717) is 6.42 Å². The molecule has 0 unspecified atom stereocenters. The third-order valence-corrected chi connectivity index (χ3v) is 4.88. The highest BCUT2D eigenvalue weighted by molar-refractivity contribution is 6.10. The average molecular weight is 309 g/mol. The molecule has 2 aliphatic rings. The second-order valence-electron chi connectivity index (χ2n) is 6.02. The van der Waals surface area contributed by atoms with E-state index in [-0.39, 0.29) is 17.4 Å². The maximum Gasteiger partial charge on any atom is 0.335 e. The summed E-state index contributed by atoms with van der Waals surface area (Å²) < 4.78 is 5.16. The number of aromatic carboxylic acids is 1. The molecule has 0 aromatic heterocycles. The minimum Gasteiger partial charge on any atom is -0.497 e. The normalized spacial score (nSPS) is 24.2. The van der Waals surface area contributed by atoms with Crippen LogP contribution in [-0.4, -0.2) is 24.1 Å². The lowest BCUT2D eigenvalue weighted by atomic mass is 9.91. The molecule has 1 heterocycles. The molecule has 1 spiro atoms. The van der Waals surface area contributed by atoms with Crippen LogP contribution in [0.5, 0.6) is 5.75 Å². The van der Waals surface area contributed by atoms with E-state index in [1.807, 2.05) is 24.3 Å². The number of rotatable bonds is 3. The summed E-state index contributed by atoms with van der Waals surface area (Å²) in [5.74, 6) is -0.189. The van der Waals surface area contributed by atoms with Crippen LogP contribution in [0.2, 0.25) is 0 Å².